The van der Waals surface area contributed by atoms with Gasteiger partial charge in [-0.25, -0.2) is 8.42 Å². The van der Waals surface area contributed by atoms with Crippen molar-refractivity contribution in [2.24, 2.45) is 0 Å². The summed E-state index contributed by atoms with van der Waals surface area (Å²) in [5.74, 6) is -0.448. The van der Waals surface area contributed by atoms with E-state index in [1.807, 2.05) is 0 Å². The van der Waals surface area contributed by atoms with Gasteiger partial charge in [0.2, 0.25) is 0 Å². The summed E-state index contributed by atoms with van der Waals surface area (Å²) < 4.78 is 21.5. The minimum absolute atomic E-state index is 0.0246. The Morgan fingerprint density at radius 3 is 2.43 bits per heavy atom. The number of hydrogen-bond donors (Lipinski definition) is 1. The fraction of sp³-hybridized carbons (Fsp3) is 0.167. The molecule has 1 aromatic rings. The molecule has 0 saturated carbocycles. The minimum atomic E-state index is -3.89. The van der Waals surface area contributed by atoms with Gasteiger partial charge in [-0.15, -0.1) is 10.2 Å². The standard InChI is InChI=1S/C6H6ClN3O3S/c1-8-6(11)4-2-3-5(10-9-4)14(7,12)13/h2-3H,1H3,(H,8,11). The summed E-state index contributed by atoms with van der Waals surface area (Å²) in [7, 11) is 2.54. The topological polar surface area (TPSA) is 89.0 Å². The molecule has 0 aliphatic carbocycles. The molecule has 1 aromatic heterocycles. The Morgan fingerprint density at radius 1 is 1.43 bits per heavy atom. The van der Waals surface area contributed by atoms with Gasteiger partial charge in [0, 0.05) is 17.7 Å². The van der Waals surface area contributed by atoms with Gasteiger partial charge in [0.05, 0.1) is 0 Å². The molecule has 0 atom stereocenters. The van der Waals surface area contributed by atoms with Crippen molar-refractivity contribution in [1.82, 2.24) is 15.5 Å². The van der Waals surface area contributed by atoms with Crippen LogP contribution in [0.25, 0.3) is 0 Å². The van der Waals surface area contributed by atoms with Gasteiger partial charge < -0.3 is 5.32 Å². The molecule has 1 N–H and O–H groups in total. The van der Waals surface area contributed by atoms with E-state index in [9.17, 15) is 13.2 Å². The summed E-state index contributed by atoms with van der Waals surface area (Å²) in [5.41, 5.74) is 0.0246. The second-order valence-corrected chi connectivity index (χ2v) is 4.79. The van der Waals surface area contributed by atoms with Crippen LogP contribution in [0.4, 0.5) is 0 Å². The number of amides is 1. The SMILES string of the molecule is CNC(=O)c1ccc(S(=O)(=O)Cl)nn1. The molecule has 76 valence electrons. The van der Waals surface area contributed by atoms with Gasteiger partial charge in [-0.05, 0) is 12.1 Å². The highest BCUT2D eigenvalue weighted by Gasteiger charge is 2.13. The van der Waals surface area contributed by atoms with E-state index in [0.717, 1.165) is 6.07 Å². The molecule has 1 rings (SSSR count). The molecule has 1 heterocycles. The lowest BCUT2D eigenvalue weighted by atomic mass is 10.4. The normalized spacial score (nSPS) is 11.0. The van der Waals surface area contributed by atoms with Gasteiger partial charge in [0.1, 0.15) is 0 Å². The average Bonchev–Trinajstić information content (AvgIpc) is 2.15. The van der Waals surface area contributed by atoms with Crippen LogP contribution < -0.4 is 5.32 Å². The van der Waals surface area contributed by atoms with E-state index in [4.69, 9.17) is 10.7 Å². The number of carbonyl (C=O) groups is 1. The number of halogens is 1. The molecule has 1 amide bonds. The third-order valence-corrected chi connectivity index (χ3v) is 2.54. The number of rotatable bonds is 2. The molecule has 0 radical (unpaired) electrons. The van der Waals surface area contributed by atoms with Crippen molar-refractivity contribution in [3.63, 3.8) is 0 Å². The quantitative estimate of drug-likeness (QED) is 0.715. The maximum Gasteiger partial charge on any atom is 0.280 e. The van der Waals surface area contributed by atoms with E-state index in [1.54, 1.807) is 0 Å². The fourth-order valence-electron chi connectivity index (χ4n) is 0.699. The molecule has 8 heteroatoms. The summed E-state index contributed by atoms with van der Waals surface area (Å²) in [6.45, 7) is 0. The average molecular weight is 236 g/mol. The molecule has 14 heavy (non-hydrogen) atoms. The van der Waals surface area contributed by atoms with Crippen LogP contribution in [0.1, 0.15) is 10.5 Å². The van der Waals surface area contributed by atoms with Crippen LogP contribution in [0.15, 0.2) is 17.2 Å². The predicted octanol–water partition coefficient (Wildman–Crippen LogP) is -0.236. The Balaban J connectivity index is 3.07. The monoisotopic (exact) mass is 235 g/mol. The number of hydrogen-bond acceptors (Lipinski definition) is 5. The number of aromatic nitrogens is 2. The van der Waals surface area contributed by atoms with E-state index in [1.165, 1.54) is 13.1 Å². The van der Waals surface area contributed by atoms with Crippen LogP contribution in [0, 0.1) is 0 Å². The highest BCUT2D eigenvalue weighted by Crippen LogP contribution is 2.09. The molecular formula is C6H6ClN3O3S. The van der Waals surface area contributed by atoms with Gasteiger partial charge in [0.15, 0.2) is 10.7 Å². The van der Waals surface area contributed by atoms with Gasteiger partial charge >= 0.3 is 0 Å². The Kier molecular flexibility index (Phi) is 3.02. The Morgan fingerprint density at radius 2 is 2.07 bits per heavy atom. The molecule has 0 aliphatic heterocycles. The summed E-state index contributed by atoms with van der Waals surface area (Å²) in [5, 5.41) is 8.61. The summed E-state index contributed by atoms with van der Waals surface area (Å²) in [4.78, 5) is 11.0. The first-order chi connectivity index (χ1) is 6.45. The van der Waals surface area contributed by atoms with Crippen LogP contribution in [0.2, 0.25) is 0 Å². The fourth-order valence-corrected chi connectivity index (χ4v) is 1.32. The van der Waals surface area contributed by atoms with Crippen LogP contribution in [-0.4, -0.2) is 31.6 Å². The number of carbonyl (C=O) groups excluding carboxylic acids is 1. The van der Waals surface area contributed by atoms with E-state index < -0.39 is 15.0 Å². The maximum absolute atomic E-state index is 11.0. The minimum Gasteiger partial charge on any atom is -0.354 e. The van der Waals surface area contributed by atoms with Crippen molar-refractivity contribution in [3.8, 4) is 0 Å². The van der Waals surface area contributed by atoms with Gasteiger partial charge in [-0.3, -0.25) is 4.79 Å². The van der Waals surface area contributed by atoms with Crippen LogP contribution >= 0.6 is 10.7 Å². The second-order valence-electron chi connectivity index (χ2n) is 2.27. The summed E-state index contributed by atoms with van der Waals surface area (Å²) in [6, 6.07) is 2.33. The number of nitrogens with zero attached hydrogens (tertiary/aromatic N) is 2. The van der Waals surface area contributed by atoms with E-state index in [2.05, 4.69) is 15.5 Å². The predicted molar refractivity (Wildman–Crippen MR) is 48.5 cm³/mol. The second kappa shape index (κ2) is 3.89. The summed E-state index contributed by atoms with van der Waals surface area (Å²) in [6.07, 6.45) is 0. The van der Waals surface area contributed by atoms with Crippen molar-refractivity contribution in [2.45, 2.75) is 5.03 Å². The molecule has 0 aliphatic rings. The van der Waals surface area contributed by atoms with E-state index in [-0.39, 0.29) is 10.7 Å². The largest absolute Gasteiger partial charge is 0.354 e. The first-order valence-corrected chi connectivity index (χ1v) is 5.76. The number of nitrogens with one attached hydrogen (secondary N) is 1. The van der Waals surface area contributed by atoms with Crippen molar-refractivity contribution in [2.75, 3.05) is 7.05 Å². The van der Waals surface area contributed by atoms with E-state index >= 15 is 0 Å². The van der Waals surface area contributed by atoms with E-state index in [0.29, 0.717) is 0 Å². The zero-order valence-corrected chi connectivity index (χ0v) is 8.63. The smallest absolute Gasteiger partial charge is 0.280 e. The molecule has 0 spiro atoms. The lowest BCUT2D eigenvalue weighted by Gasteiger charge is -1.97. The Bertz CT molecular complexity index is 442. The van der Waals surface area contributed by atoms with Crippen molar-refractivity contribution >= 4 is 25.6 Å². The molecular weight excluding hydrogens is 230 g/mol. The third-order valence-electron chi connectivity index (χ3n) is 1.35. The van der Waals surface area contributed by atoms with Gasteiger partial charge in [-0.2, -0.15) is 0 Å². The highest BCUT2D eigenvalue weighted by atomic mass is 35.7. The Labute approximate surface area is 84.7 Å². The highest BCUT2D eigenvalue weighted by molar-refractivity contribution is 8.13. The van der Waals surface area contributed by atoms with Crippen LogP contribution in [0.5, 0.6) is 0 Å². The zero-order chi connectivity index (χ0) is 10.8. The maximum atomic E-state index is 11.0. The van der Waals surface area contributed by atoms with Gasteiger partial charge in [0.25, 0.3) is 15.0 Å². The van der Waals surface area contributed by atoms with Crippen LogP contribution in [-0.2, 0) is 9.05 Å². The Hall–Kier alpha value is -1.21. The van der Waals surface area contributed by atoms with Crippen LogP contribution in [0.3, 0.4) is 0 Å². The first-order valence-electron chi connectivity index (χ1n) is 3.45. The molecule has 0 saturated heterocycles. The van der Waals surface area contributed by atoms with Gasteiger partial charge in [-0.1, -0.05) is 0 Å². The molecule has 0 bridgehead atoms. The third kappa shape index (κ3) is 2.39. The lowest BCUT2D eigenvalue weighted by Crippen LogP contribution is -2.19. The molecule has 0 unspecified atom stereocenters. The molecule has 0 fully saturated rings. The molecule has 6 nitrogen and oxygen atoms in total. The van der Waals surface area contributed by atoms with Crippen molar-refractivity contribution in [3.05, 3.63) is 17.8 Å². The van der Waals surface area contributed by atoms with Crippen molar-refractivity contribution in [1.29, 1.82) is 0 Å². The lowest BCUT2D eigenvalue weighted by molar-refractivity contribution is 0.0957. The van der Waals surface area contributed by atoms with Crippen molar-refractivity contribution < 1.29 is 13.2 Å². The zero-order valence-electron chi connectivity index (χ0n) is 7.06. The molecule has 0 aromatic carbocycles. The first kappa shape index (κ1) is 10.9. The summed E-state index contributed by atoms with van der Waals surface area (Å²) >= 11 is 0.